The van der Waals surface area contributed by atoms with Gasteiger partial charge in [-0.3, -0.25) is 0 Å². The molecule has 0 N–H and O–H groups in total. The summed E-state index contributed by atoms with van der Waals surface area (Å²) in [6.07, 6.45) is 2.69. The summed E-state index contributed by atoms with van der Waals surface area (Å²) >= 11 is 0. The van der Waals surface area contributed by atoms with E-state index < -0.39 is 8.32 Å². The minimum atomic E-state index is -1.09. The molecule has 84 valence electrons. The van der Waals surface area contributed by atoms with Crippen molar-refractivity contribution >= 4 is 8.32 Å². The third kappa shape index (κ3) is 5.75. The van der Waals surface area contributed by atoms with Gasteiger partial charge in [0, 0.05) is 6.61 Å². The molecule has 1 aliphatic rings. The predicted molar refractivity (Wildman–Crippen MR) is 68.7 cm³/mol. The molecule has 1 nitrogen and oxygen atoms in total. The maximum absolute atomic E-state index is 5.60. The highest BCUT2D eigenvalue weighted by Crippen LogP contribution is 2.20. The van der Waals surface area contributed by atoms with Crippen LogP contribution in [-0.2, 0) is 4.43 Å². The van der Waals surface area contributed by atoms with Crippen molar-refractivity contribution in [1.82, 2.24) is 0 Å². The topological polar surface area (TPSA) is 9.23 Å². The summed E-state index contributed by atoms with van der Waals surface area (Å²) in [4.78, 5) is 0. The average Bonchev–Trinajstić information content (AvgIpc) is 2.19. The van der Waals surface area contributed by atoms with Crippen molar-refractivity contribution in [1.29, 1.82) is 0 Å². The van der Waals surface area contributed by atoms with E-state index in [0.717, 1.165) is 6.61 Å². The van der Waals surface area contributed by atoms with Gasteiger partial charge in [-0.1, -0.05) is 42.3 Å². The third-order valence-electron chi connectivity index (χ3n) is 2.61. The van der Waals surface area contributed by atoms with Gasteiger partial charge in [-0.15, -0.1) is 0 Å². The molecule has 1 aromatic rings. The molecule has 2 heteroatoms. The molecular formula is C13H22OSi. The van der Waals surface area contributed by atoms with Gasteiger partial charge in [0.1, 0.15) is 0 Å². The van der Waals surface area contributed by atoms with Crippen LogP contribution in [0.1, 0.15) is 18.4 Å². The highest BCUT2D eigenvalue weighted by atomic mass is 28.4. The molecule has 1 aliphatic heterocycles. The maximum Gasteiger partial charge on any atom is 0.186 e. The molecule has 1 saturated heterocycles. The van der Waals surface area contributed by atoms with E-state index in [2.05, 4.69) is 32.2 Å². The van der Waals surface area contributed by atoms with Gasteiger partial charge in [-0.25, -0.2) is 0 Å². The molecule has 2 rings (SSSR count). The van der Waals surface area contributed by atoms with Crippen LogP contribution in [0.25, 0.3) is 0 Å². The number of hydrogen-bond acceptors (Lipinski definition) is 1. The Morgan fingerprint density at radius 3 is 2.00 bits per heavy atom. The molecule has 1 aromatic carbocycles. The Morgan fingerprint density at radius 1 is 1.07 bits per heavy atom. The lowest BCUT2D eigenvalue weighted by atomic mass is 10.2. The molecule has 1 fully saturated rings. The highest BCUT2D eigenvalue weighted by molar-refractivity contribution is 6.71. The third-order valence-corrected chi connectivity index (χ3v) is 5.15. The summed E-state index contributed by atoms with van der Waals surface area (Å²) in [7, 11) is -1.09. The second-order valence-corrected chi connectivity index (χ2v) is 9.03. The van der Waals surface area contributed by atoms with E-state index in [1.807, 2.05) is 18.2 Å². The van der Waals surface area contributed by atoms with Crippen molar-refractivity contribution in [3.05, 3.63) is 35.9 Å². The molecule has 0 radical (unpaired) electrons. The van der Waals surface area contributed by atoms with E-state index >= 15 is 0 Å². The van der Waals surface area contributed by atoms with Crippen LogP contribution in [-0.4, -0.2) is 14.9 Å². The Kier molecular flexibility index (Phi) is 5.06. The predicted octanol–water partition coefficient (Wildman–Crippen LogP) is 4.00. The Bertz CT molecular complexity index is 261. The number of aryl methyl sites for hydroxylation is 1. The first kappa shape index (κ1) is 12.5. The minimum absolute atomic E-state index is 1.03. The van der Waals surface area contributed by atoms with E-state index in [4.69, 9.17) is 4.43 Å². The van der Waals surface area contributed by atoms with E-state index in [-0.39, 0.29) is 0 Å². The van der Waals surface area contributed by atoms with Crippen molar-refractivity contribution in [3.63, 3.8) is 0 Å². The van der Waals surface area contributed by atoms with Crippen LogP contribution in [0.2, 0.25) is 19.1 Å². The first-order valence-corrected chi connectivity index (χ1v) is 8.87. The van der Waals surface area contributed by atoms with Gasteiger partial charge in [0.2, 0.25) is 0 Å². The summed E-state index contributed by atoms with van der Waals surface area (Å²) < 4.78 is 5.60. The fourth-order valence-electron chi connectivity index (χ4n) is 1.61. The van der Waals surface area contributed by atoms with E-state index in [0.29, 0.717) is 0 Å². The molecule has 0 unspecified atom stereocenters. The van der Waals surface area contributed by atoms with Gasteiger partial charge >= 0.3 is 0 Å². The zero-order valence-corrected chi connectivity index (χ0v) is 11.1. The summed E-state index contributed by atoms with van der Waals surface area (Å²) in [5.74, 6) is 0. The second kappa shape index (κ2) is 6.08. The Balaban J connectivity index is 0.000000151. The second-order valence-electron chi connectivity index (χ2n) is 4.72. The molecule has 0 bridgehead atoms. The number of hydrogen-bond donors (Lipinski definition) is 0. The average molecular weight is 222 g/mol. The molecule has 1 heterocycles. The van der Waals surface area contributed by atoms with Gasteiger partial charge in [-0.05, 0) is 32.5 Å². The first-order valence-electron chi connectivity index (χ1n) is 5.76. The minimum Gasteiger partial charge on any atom is -0.417 e. The monoisotopic (exact) mass is 222 g/mol. The quantitative estimate of drug-likeness (QED) is 0.603. The smallest absolute Gasteiger partial charge is 0.186 e. The van der Waals surface area contributed by atoms with Crippen LogP contribution < -0.4 is 0 Å². The zero-order valence-electron chi connectivity index (χ0n) is 10.1. The lowest BCUT2D eigenvalue weighted by Crippen LogP contribution is -2.33. The van der Waals surface area contributed by atoms with Crippen LogP contribution >= 0.6 is 0 Å². The maximum atomic E-state index is 5.60. The van der Waals surface area contributed by atoms with Crippen molar-refractivity contribution < 1.29 is 4.43 Å². The lowest BCUT2D eigenvalue weighted by molar-refractivity contribution is 0.275. The van der Waals surface area contributed by atoms with E-state index in [1.54, 1.807) is 0 Å². The molecule has 15 heavy (non-hydrogen) atoms. The van der Waals surface area contributed by atoms with Gasteiger partial charge in [0.05, 0.1) is 0 Å². The van der Waals surface area contributed by atoms with Crippen LogP contribution in [0.15, 0.2) is 30.3 Å². The Hall–Kier alpha value is -0.603. The molecule has 0 atom stereocenters. The van der Waals surface area contributed by atoms with Crippen LogP contribution in [0.5, 0.6) is 0 Å². The molecule has 0 saturated carbocycles. The fraction of sp³-hybridized carbons (Fsp3) is 0.538. The largest absolute Gasteiger partial charge is 0.417 e. The molecule has 0 aromatic heterocycles. The van der Waals surface area contributed by atoms with Gasteiger partial charge in [-0.2, -0.15) is 0 Å². The normalized spacial score (nSPS) is 18.9. The van der Waals surface area contributed by atoms with Gasteiger partial charge in [0.25, 0.3) is 0 Å². The number of rotatable bonds is 0. The van der Waals surface area contributed by atoms with Crippen molar-refractivity contribution in [2.24, 2.45) is 0 Å². The van der Waals surface area contributed by atoms with Crippen molar-refractivity contribution in [2.75, 3.05) is 6.61 Å². The summed E-state index contributed by atoms with van der Waals surface area (Å²) in [6, 6.07) is 11.6. The standard InChI is InChI=1S/C7H8.C6H14OSi/c1-7-5-3-2-4-6-7;1-8(2)6-4-3-5-7-8/h2-6H,1H3;3-6H2,1-2H3. The lowest BCUT2D eigenvalue weighted by Gasteiger charge is -2.27. The van der Waals surface area contributed by atoms with Gasteiger partial charge in [0.15, 0.2) is 8.32 Å². The number of benzene rings is 1. The summed E-state index contributed by atoms with van der Waals surface area (Å²) in [5.41, 5.74) is 1.32. The van der Waals surface area contributed by atoms with Crippen molar-refractivity contribution in [2.45, 2.75) is 38.9 Å². The van der Waals surface area contributed by atoms with Crippen LogP contribution in [0, 0.1) is 6.92 Å². The fourth-order valence-corrected chi connectivity index (χ4v) is 3.55. The Morgan fingerprint density at radius 2 is 1.73 bits per heavy atom. The van der Waals surface area contributed by atoms with Crippen LogP contribution in [0.4, 0.5) is 0 Å². The van der Waals surface area contributed by atoms with Gasteiger partial charge < -0.3 is 4.43 Å². The summed E-state index contributed by atoms with van der Waals surface area (Å²) in [5, 5.41) is 0. The zero-order chi connectivity index (χ0) is 11.1. The molecule has 0 spiro atoms. The molecule has 0 aliphatic carbocycles. The Labute approximate surface area is 94.6 Å². The van der Waals surface area contributed by atoms with E-state index in [9.17, 15) is 0 Å². The first-order chi connectivity index (χ1) is 7.10. The molecule has 0 amide bonds. The van der Waals surface area contributed by atoms with Crippen molar-refractivity contribution in [3.8, 4) is 0 Å². The highest BCUT2D eigenvalue weighted by Gasteiger charge is 2.24. The SMILES string of the molecule is C[Si]1(C)CCCCO1.Cc1ccccc1. The summed E-state index contributed by atoms with van der Waals surface area (Å²) in [6.45, 7) is 7.71. The van der Waals surface area contributed by atoms with E-state index in [1.165, 1.54) is 24.4 Å². The van der Waals surface area contributed by atoms with Crippen LogP contribution in [0.3, 0.4) is 0 Å². The molecular weight excluding hydrogens is 200 g/mol.